The Morgan fingerprint density at radius 2 is 1.83 bits per heavy atom. The molecular weight excluding hydrogens is 362 g/mol. The van der Waals surface area contributed by atoms with E-state index in [-0.39, 0.29) is 0 Å². The molecule has 0 aliphatic carbocycles. The van der Waals surface area contributed by atoms with Crippen LogP contribution in [0.25, 0.3) is 22.5 Å². The number of methoxy groups -OCH3 is 1. The third kappa shape index (κ3) is 4.06. The second kappa shape index (κ2) is 8.31. The summed E-state index contributed by atoms with van der Waals surface area (Å²) < 4.78 is 9.63. The summed E-state index contributed by atoms with van der Waals surface area (Å²) in [6.45, 7) is 5.93. The van der Waals surface area contributed by atoms with Crippen molar-refractivity contribution in [3.63, 3.8) is 0 Å². The molecule has 0 saturated carbocycles. The Balaban J connectivity index is 1.83. The van der Waals surface area contributed by atoms with Crippen molar-refractivity contribution in [2.75, 3.05) is 7.11 Å². The number of aromatic nitrogens is 5. The van der Waals surface area contributed by atoms with Gasteiger partial charge in [-0.15, -0.1) is 0 Å². The van der Waals surface area contributed by atoms with Gasteiger partial charge in [0, 0.05) is 23.2 Å². The Bertz CT molecular complexity index is 1070. The average molecular weight is 387 g/mol. The maximum absolute atomic E-state index is 5.59. The summed E-state index contributed by atoms with van der Waals surface area (Å²) in [5.74, 6) is 1.35. The highest BCUT2D eigenvalue weighted by Gasteiger charge is 2.17. The fraction of sp³-hybridized carbons (Fsp3) is 0.261. The lowest BCUT2D eigenvalue weighted by atomic mass is 10.0. The fourth-order valence-corrected chi connectivity index (χ4v) is 3.56. The van der Waals surface area contributed by atoms with Crippen molar-refractivity contribution < 1.29 is 4.74 Å². The molecule has 6 heteroatoms. The average Bonchev–Trinajstić information content (AvgIpc) is 3.38. The molecule has 0 fully saturated rings. The van der Waals surface area contributed by atoms with Crippen molar-refractivity contribution in [2.24, 2.45) is 5.92 Å². The Morgan fingerprint density at radius 3 is 2.52 bits per heavy atom. The maximum Gasteiger partial charge on any atom is 0.137 e. The molecule has 0 aliphatic rings. The van der Waals surface area contributed by atoms with Gasteiger partial charge in [-0.1, -0.05) is 44.2 Å². The minimum absolute atomic E-state index is 0.513. The Morgan fingerprint density at radius 1 is 1.00 bits per heavy atom. The van der Waals surface area contributed by atoms with Gasteiger partial charge in [0.2, 0.25) is 0 Å². The van der Waals surface area contributed by atoms with E-state index in [1.54, 1.807) is 24.4 Å². The van der Waals surface area contributed by atoms with Gasteiger partial charge in [0.25, 0.3) is 0 Å². The summed E-state index contributed by atoms with van der Waals surface area (Å²) in [6, 6.07) is 16.6. The maximum atomic E-state index is 5.59. The Kier molecular flexibility index (Phi) is 5.42. The van der Waals surface area contributed by atoms with E-state index in [0.29, 0.717) is 12.5 Å². The molecule has 6 nitrogen and oxygen atoms in total. The summed E-state index contributed by atoms with van der Waals surface area (Å²) in [7, 11) is 1.69. The van der Waals surface area contributed by atoms with Crippen LogP contribution < -0.4 is 4.74 Å². The van der Waals surface area contributed by atoms with E-state index in [2.05, 4.69) is 52.8 Å². The predicted molar refractivity (Wildman–Crippen MR) is 114 cm³/mol. The highest BCUT2D eigenvalue weighted by molar-refractivity contribution is 5.79. The van der Waals surface area contributed by atoms with Crippen LogP contribution in [0.1, 0.15) is 19.4 Å². The smallest absolute Gasteiger partial charge is 0.137 e. The second-order valence-corrected chi connectivity index (χ2v) is 7.47. The van der Waals surface area contributed by atoms with Gasteiger partial charge >= 0.3 is 0 Å². The summed E-state index contributed by atoms with van der Waals surface area (Å²) in [4.78, 5) is 8.81. The van der Waals surface area contributed by atoms with Crippen LogP contribution in [0.15, 0.2) is 67.5 Å². The van der Waals surface area contributed by atoms with Gasteiger partial charge in [0.15, 0.2) is 0 Å². The monoisotopic (exact) mass is 387 g/mol. The molecule has 0 spiro atoms. The van der Waals surface area contributed by atoms with Gasteiger partial charge in [0.1, 0.15) is 18.4 Å². The van der Waals surface area contributed by atoms with Crippen LogP contribution in [0.2, 0.25) is 0 Å². The molecule has 0 aliphatic heterocycles. The highest BCUT2D eigenvalue weighted by atomic mass is 16.5. The molecule has 0 amide bonds. The zero-order valence-corrected chi connectivity index (χ0v) is 17.0. The lowest BCUT2D eigenvalue weighted by Crippen LogP contribution is -2.06. The van der Waals surface area contributed by atoms with E-state index in [1.165, 1.54) is 0 Å². The molecule has 4 rings (SSSR count). The largest absolute Gasteiger partial charge is 0.496 e. The van der Waals surface area contributed by atoms with Crippen molar-refractivity contribution in [3.05, 3.63) is 73.1 Å². The molecule has 2 aromatic heterocycles. The normalized spacial score (nSPS) is 11.2. The number of hydrogen-bond acceptors (Lipinski definition) is 4. The van der Waals surface area contributed by atoms with Crippen LogP contribution >= 0.6 is 0 Å². The van der Waals surface area contributed by atoms with Crippen LogP contribution in [0.3, 0.4) is 0 Å². The third-order valence-corrected chi connectivity index (χ3v) is 4.80. The molecule has 0 saturated heterocycles. The molecule has 0 radical (unpaired) electrons. The fourth-order valence-electron chi connectivity index (χ4n) is 3.56. The van der Waals surface area contributed by atoms with Gasteiger partial charge in [-0.2, -0.15) is 5.10 Å². The van der Waals surface area contributed by atoms with Gasteiger partial charge < -0.3 is 9.30 Å². The van der Waals surface area contributed by atoms with Crippen molar-refractivity contribution in [2.45, 2.75) is 26.9 Å². The van der Waals surface area contributed by atoms with E-state index in [9.17, 15) is 0 Å². The number of ether oxygens (including phenoxy) is 1. The minimum atomic E-state index is 0.513. The highest BCUT2D eigenvalue weighted by Crippen LogP contribution is 2.34. The van der Waals surface area contributed by atoms with E-state index in [0.717, 1.165) is 40.4 Å². The number of nitrogens with zero attached hydrogens (tertiary/aromatic N) is 5. The van der Waals surface area contributed by atoms with Gasteiger partial charge in [-0.3, -0.25) is 0 Å². The number of imidazole rings is 1. The zero-order valence-electron chi connectivity index (χ0n) is 17.0. The first-order chi connectivity index (χ1) is 14.2. The topological polar surface area (TPSA) is 57.8 Å². The number of benzene rings is 2. The van der Waals surface area contributed by atoms with Crippen molar-refractivity contribution in [1.82, 2.24) is 24.3 Å². The summed E-state index contributed by atoms with van der Waals surface area (Å²) in [5.41, 5.74) is 5.37. The Labute approximate surface area is 170 Å². The molecule has 0 N–H and O–H groups in total. The molecule has 4 aromatic rings. The van der Waals surface area contributed by atoms with Gasteiger partial charge in [-0.05, 0) is 24.1 Å². The van der Waals surface area contributed by atoms with E-state index >= 15 is 0 Å². The lowest BCUT2D eigenvalue weighted by Gasteiger charge is -2.15. The summed E-state index contributed by atoms with van der Waals surface area (Å²) in [5, 5.41) is 4.23. The Hall–Kier alpha value is -3.41. The lowest BCUT2D eigenvalue weighted by molar-refractivity contribution is 0.407. The molecule has 0 atom stereocenters. The first-order valence-electron chi connectivity index (χ1n) is 9.76. The molecular formula is C23H25N5O. The van der Waals surface area contributed by atoms with Gasteiger partial charge in [0.05, 0.1) is 31.4 Å². The van der Waals surface area contributed by atoms with E-state index in [4.69, 9.17) is 9.72 Å². The van der Waals surface area contributed by atoms with E-state index in [1.807, 2.05) is 30.6 Å². The second-order valence-electron chi connectivity index (χ2n) is 7.47. The summed E-state index contributed by atoms with van der Waals surface area (Å²) in [6.07, 6.45) is 5.20. The van der Waals surface area contributed by atoms with Crippen LogP contribution in [0.5, 0.6) is 5.75 Å². The quantitative estimate of drug-likeness (QED) is 0.468. The number of hydrogen-bond donors (Lipinski definition) is 0. The first-order valence-corrected chi connectivity index (χ1v) is 9.76. The van der Waals surface area contributed by atoms with Crippen molar-refractivity contribution >= 4 is 0 Å². The van der Waals surface area contributed by atoms with Crippen LogP contribution in [-0.4, -0.2) is 31.4 Å². The SMILES string of the molecule is COc1ccc(-c2c(-c3ccccc3)ncn2CC(C)C)cc1Cn1cncn1. The van der Waals surface area contributed by atoms with Crippen LogP contribution in [-0.2, 0) is 13.1 Å². The molecule has 148 valence electrons. The third-order valence-electron chi connectivity index (χ3n) is 4.80. The van der Waals surface area contributed by atoms with E-state index < -0.39 is 0 Å². The van der Waals surface area contributed by atoms with Crippen LogP contribution in [0, 0.1) is 5.92 Å². The van der Waals surface area contributed by atoms with Crippen molar-refractivity contribution in [1.29, 1.82) is 0 Å². The van der Waals surface area contributed by atoms with Crippen molar-refractivity contribution in [3.8, 4) is 28.3 Å². The molecule has 0 bridgehead atoms. The van der Waals surface area contributed by atoms with Gasteiger partial charge in [-0.25, -0.2) is 14.6 Å². The molecule has 2 heterocycles. The van der Waals surface area contributed by atoms with Crippen LogP contribution in [0.4, 0.5) is 0 Å². The minimum Gasteiger partial charge on any atom is -0.496 e. The molecule has 0 unspecified atom stereocenters. The predicted octanol–water partition coefficient (Wildman–Crippen LogP) is 4.52. The summed E-state index contributed by atoms with van der Waals surface area (Å²) >= 11 is 0. The molecule has 2 aromatic carbocycles. The molecule has 29 heavy (non-hydrogen) atoms. The first kappa shape index (κ1) is 18.9. The number of rotatable bonds is 7. The zero-order chi connectivity index (χ0) is 20.2. The standard InChI is InChI=1S/C23H25N5O/c1-17(2)12-27-16-25-22(18-7-5-4-6-8-18)23(27)19-9-10-21(29-3)20(11-19)13-28-15-24-14-26-28/h4-11,14-17H,12-13H2,1-3H3.